The molecule has 0 unspecified atom stereocenters. The molecule has 13 heavy (non-hydrogen) atoms. The number of aromatic nitrogens is 1. The number of hydrogen-bond acceptors (Lipinski definition) is 1. The Morgan fingerprint density at radius 2 is 2.08 bits per heavy atom. The van der Waals surface area contributed by atoms with Crippen LogP contribution in [0.4, 0.5) is 8.78 Å². The van der Waals surface area contributed by atoms with Gasteiger partial charge in [-0.2, -0.15) is 0 Å². The van der Waals surface area contributed by atoms with E-state index in [9.17, 15) is 8.78 Å². The molecule has 1 aromatic heterocycles. The molecule has 0 fully saturated rings. The fraction of sp³-hybridized carbons (Fsp3) is 0.444. The first-order valence-corrected chi connectivity index (χ1v) is 4.40. The Balaban J connectivity index is 3.32. The molecule has 1 heterocycles. The third-order valence-electron chi connectivity index (χ3n) is 2.07. The van der Waals surface area contributed by atoms with Gasteiger partial charge in [-0.25, -0.2) is 8.78 Å². The average Bonchev–Trinajstić information content (AvgIpc) is 2.08. The van der Waals surface area contributed by atoms with Gasteiger partial charge in [-0.1, -0.05) is 0 Å². The van der Waals surface area contributed by atoms with Crippen molar-refractivity contribution in [1.29, 1.82) is 0 Å². The van der Waals surface area contributed by atoms with Crippen LogP contribution in [0.2, 0.25) is 0 Å². The molecule has 0 aliphatic carbocycles. The van der Waals surface area contributed by atoms with Crippen molar-refractivity contribution in [1.82, 2.24) is 4.98 Å². The summed E-state index contributed by atoms with van der Waals surface area (Å²) in [5.41, 5.74) is 1.61. The van der Waals surface area contributed by atoms with E-state index >= 15 is 0 Å². The molecule has 0 amide bonds. The standard InChI is InChI=1S/C9H10ClF2N/c1-5-4-13-7(3-10)8(6(5)2)9(11)12/h4,9H,3H2,1-2H3. The molecule has 0 aliphatic rings. The monoisotopic (exact) mass is 205 g/mol. The Kier molecular flexibility index (Phi) is 3.20. The van der Waals surface area contributed by atoms with Gasteiger partial charge >= 0.3 is 0 Å². The topological polar surface area (TPSA) is 12.9 Å². The molecule has 0 aromatic carbocycles. The van der Waals surface area contributed by atoms with E-state index in [1.807, 2.05) is 0 Å². The van der Waals surface area contributed by atoms with Crippen molar-refractivity contribution in [2.75, 3.05) is 0 Å². The number of nitrogens with zero attached hydrogens (tertiary/aromatic N) is 1. The van der Waals surface area contributed by atoms with Crippen LogP contribution < -0.4 is 0 Å². The van der Waals surface area contributed by atoms with E-state index in [-0.39, 0.29) is 17.1 Å². The van der Waals surface area contributed by atoms with Crippen molar-refractivity contribution in [2.24, 2.45) is 0 Å². The highest BCUT2D eigenvalue weighted by Crippen LogP contribution is 2.27. The second-order valence-electron chi connectivity index (χ2n) is 2.86. The molecule has 0 radical (unpaired) electrons. The first kappa shape index (κ1) is 10.4. The fourth-order valence-corrected chi connectivity index (χ4v) is 1.38. The predicted molar refractivity (Wildman–Crippen MR) is 48.2 cm³/mol. The third-order valence-corrected chi connectivity index (χ3v) is 2.32. The lowest BCUT2D eigenvalue weighted by atomic mass is 10.0. The Labute approximate surface area is 80.7 Å². The van der Waals surface area contributed by atoms with Gasteiger partial charge in [0.2, 0.25) is 0 Å². The van der Waals surface area contributed by atoms with Gasteiger partial charge in [0.1, 0.15) is 0 Å². The fourth-order valence-electron chi connectivity index (χ4n) is 1.17. The average molecular weight is 206 g/mol. The summed E-state index contributed by atoms with van der Waals surface area (Å²) in [4.78, 5) is 3.87. The summed E-state index contributed by atoms with van der Waals surface area (Å²) in [5.74, 6) is 0.0286. The number of aryl methyl sites for hydroxylation is 1. The second kappa shape index (κ2) is 4.01. The third kappa shape index (κ3) is 1.97. The van der Waals surface area contributed by atoms with Gasteiger partial charge in [0, 0.05) is 11.8 Å². The molecule has 0 bridgehead atoms. The van der Waals surface area contributed by atoms with Crippen molar-refractivity contribution in [3.63, 3.8) is 0 Å². The maximum absolute atomic E-state index is 12.6. The lowest BCUT2D eigenvalue weighted by Gasteiger charge is -2.10. The normalized spacial score (nSPS) is 10.9. The predicted octanol–water partition coefficient (Wildman–Crippen LogP) is 3.37. The van der Waals surface area contributed by atoms with E-state index in [1.54, 1.807) is 20.0 Å². The lowest BCUT2D eigenvalue weighted by Crippen LogP contribution is -2.01. The summed E-state index contributed by atoms with van der Waals surface area (Å²) in [6, 6.07) is 0. The summed E-state index contributed by atoms with van der Waals surface area (Å²) in [6.07, 6.45) is -0.931. The molecule has 1 nitrogen and oxygen atoms in total. The molecule has 0 saturated heterocycles. The van der Waals surface area contributed by atoms with Gasteiger partial charge < -0.3 is 0 Å². The minimum atomic E-state index is -2.50. The van der Waals surface area contributed by atoms with Crippen molar-refractivity contribution in [2.45, 2.75) is 26.2 Å². The van der Waals surface area contributed by atoms with Crippen molar-refractivity contribution in [3.05, 3.63) is 28.6 Å². The van der Waals surface area contributed by atoms with Crippen LogP contribution in [0.1, 0.15) is 28.8 Å². The molecule has 4 heteroatoms. The smallest absolute Gasteiger partial charge is 0.259 e. The van der Waals surface area contributed by atoms with Crippen LogP contribution in [0.15, 0.2) is 6.20 Å². The van der Waals surface area contributed by atoms with Crippen LogP contribution in [0.25, 0.3) is 0 Å². The van der Waals surface area contributed by atoms with Gasteiger partial charge in [-0.3, -0.25) is 4.98 Å². The van der Waals surface area contributed by atoms with Crippen LogP contribution in [0, 0.1) is 13.8 Å². The first-order chi connectivity index (χ1) is 6.07. The summed E-state index contributed by atoms with van der Waals surface area (Å²) >= 11 is 5.50. The number of hydrogen-bond donors (Lipinski definition) is 0. The molecule has 72 valence electrons. The SMILES string of the molecule is Cc1cnc(CCl)c(C(F)F)c1C. The molecule has 0 N–H and O–H groups in total. The highest BCUT2D eigenvalue weighted by atomic mass is 35.5. The van der Waals surface area contributed by atoms with Crippen molar-refractivity contribution < 1.29 is 8.78 Å². The summed E-state index contributed by atoms with van der Waals surface area (Å²) in [7, 11) is 0. The molecule has 0 spiro atoms. The van der Waals surface area contributed by atoms with E-state index in [2.05, 4.69) is 4.98 Å². The largest absolute Gasteiger partial charge is 0.265 e. The molecular formula is C9H10ClF2N. The second-order valence-corrected chi connectivity index (χ2v) is 3.13. The number of alkyl halides is 3. The zero-order valence-electron chi connectivity index (χ0n) is 7.44. The minimum absolute atomic E-state index is 0.0185. The number of halogens is 3. The van der Waals surface area contributed by atoms with Gasteiger partial charge in [0.05, 0.1) is 11.6 Å². The molecule has 0 saturated carbocycles. The highest BCUT2D eigenvalue weighted by molar-refractivity contribution is 6.17. The number of rotatable bonds is 2. The van der Waals surface area contributed by atoms with Gasteiger partial charge in [0.15, 0.2) is 0 Å². The number of pyridine rings is 1. The van der Waals surface area contributed by atoms with E-state index < -0.39 is 6.43 Å². The minimum Gasteiger partial charge on any atom is -0.259 e. The van der Waals surface area contributed by atoms with Crippen LogP contribution in [0.3, 0.4) is 0 Å². The molecule has 0 atom stereocenters. The molecule has 1 rings (SSSR count). The van der Waals surface area contributed by atoms with Crippen LogP contribution in [-0.4, -0.2) is 4.98 Å². The summed E-state index contributed by atoms with van der Waals surface area (Å²) < 4.78 is 25.1. The first-order valence-electron chi connectivity index (χ1n) is 3.87. The Morgan fingerprint density at radius 1 is 1.46 bits per heavy atom. The van der Waals surface area contributed by atoms with Crippen molar-refractivity contribution >= 4 is 11.6 Å². The maximum Gasteiger partial charge on any atom is 0.265 e. The van der Waals surface area contributed by atoms with Crippen LogP contribution in [0.5, 0.6) is 0 Å². The quantitative estimate of drug-likeness (QED) is 0.675. The highest BCUT2D eigenvalue weighted by Gasteiger charge is 2.17. The van der Waals surface area contributed by atoms with E-state index in [4.69, 9.17) is 11.6 Å². The molecule has 1 aromatic rings. The van der Waals surface area contributed by atoms with Gasteiger partial charge in [0.25, 0.3) is 6.43 Å². The van der Waals surface area contributed by atoms with Crippen LogP contribution in [-0.2, 0) is 5.88 Å². The Hall–Kier alpha value is -0.700. The summed E-state index contributed by atoms with van der Waals surface area (Å²) in [6.45, 7) is 3.42. The van der Waals surface area contributed by atoms with Crippen LogP contribution >= 0.6 is 11.6 Å². The summed E-state index contributed by atoms with van der Waals surface area (Å²) in [5, 5.41) is 0. The van der Waals surface area contributed by atoms with Crippen molar-refractivity contribution in [3.8, 4) is 0 Å². The zero-order valence-corrected chi connectivity index (χ0v) is 8.20. The van der Waals surface area contributed by atoms with E-state index in [1.165, 1.54) is 0 Å². The van der Waals surface area contributed by atoms with E-state index in [0.29, 0.717) is 5.56 Å². The Morgan fingerprint density at radius 3 is 2.54 bits per heavy atom. The maximum atomic E-state index is 12.6. The lowest BCUT2D eigenvalue weighted by molar-refractivity contribution is 0.149. The van der Waals surface area contributed by atoms with Gasteiger partial charge in [-0.15, -0.1) is 11.6 Å². The zero-order chi connectivity index (χ0) is 10.0. The molecule has 0 aliphatic heterocycles. The Bertz CT molecular complexity index is 313. The molecular weight excluding hydrogens is 196 g/mol. The van der Waals surface area contributed by atoms with Gasteiger partial charge in [-0.05, 0) is 25.0 Å². The van der Waals surface area contributed by atoms with E-state index in [0.717, 1.165) is 5.56 Å².